The summed E-state index contributed by atoms with van der Waals surface area (Å²) in [5, 5.41) is 10.4. The molecule has 0 bridgehead atoms. The molecule has 0 aliphatic carbocycles. The maximum atomic E-state index is 5.30. The average molecular weight is 280 g/mol. The smallest absolute Gasteiger partial charge is 0.228 e. The molecule has 0 saturated heterocycles. The molecule has 0 aromatic carbocycles. The number of hydrogen-bond acceptors (Lipinski definition) is 6. The third kappa shape index (κ3) is 4.11. The highest BCUT2D eigenvalue weighted by atomic mass is 32.1. The van der Waals surface area contributed by atoms with Gasteiger partial charge in [0, 0.05) is 17.8 Å². The van der Waals surface area contributed by atoms with Crippen LogP contribution in [0, 0.1) is 6.92 Å². The number of nitrogens with one attached hydrogen (secondary N) is 1. The molecule has 2 aromatic heterocycles. The summed E-state index contributed by atoms with van der Waals surface area (Å²) in [6.45, 7) is 4.17. The summed E-state index contributed by atoms with van der Waals surface area (Å²) in [5.41, 5.74) is 1.01. The van der Waals surface area contributed by atoms with Gasteiger partial charge < -0.3 is 9.84 Å². The van der Waals surface area contributed by atoms with Gasteiger partial charge >= 0.3 is 0 Å². The molecule has 0 fully saturated rings. The molecular formula is C13H20N4OS. The van der Waals surface area contributed by atoms with Crippen LogP contribution in [0.25, 0.3) is 0 Å². The number of hydrogen-bond donors (Lipinski definition) is 1. The topological polar surface area (TPSA) is 63.8 Å². The Bertz CT molecular complexity index is 508. The monoisotopic (exact) mass is 280 g/mol. The predicted molar refractivity (Wildman–Crippen MR) is 75.4 cm³/mol. The first-order valence-electron chi connectivity index (χ1n) is 6.61. The molecule has 0 aliphatic heterocycles. The minimum atomic E-state index is 0.403. The minimum absolute atomic E-state index is 0.403. The van der Waals surface area contributed by atoms with E-state index < -0.39 is 0 Å². The van der Waals surface area contributed by atoms with Crippen LogP contribution in [0.15, 0.2) is 9.90 Å². The quantitative estimate of drug-likeness (QED) is 0.843. The normalized spacial score (nSPS) is 12.8. The van der Waals surface area contributed by atoms with Crippen LogP contribution in [0.1, 0.15) is 42.2 Å². The van der Waals surface area contributed by atoms with Gasteiger partial charge in [-0.25, -0.2) is 4.98 Å². The van der Waals surface area contributed by atoms with Crippen molar-refractivity contribution in [3.63, 3.8) is 0 Å². The molecule has 2 rings (SSSR count). The van der Waals surface area contributed by atoms with Crippen molar-refractivity contribution in [1.82, 2.24) is 20.4 Å². The number of rotatable bonds is 7. The zero-order valence-electron chi connectivity index (χ0n) is 11.6. The summed E-state index contributed by atoms with van der Waals surface area (Å²) in [4.78, 5) is 8.84. The second-order valence-corrected chi connectivity index (χ2v) is 5.68. The number of thiazole rings is 1. The van der Waals surface area contributed by atoms with Crippen molar-refractivity contribution in [1.29, 1.82) is 0 Å². The second-order valence-electron chi connectivity index (χ2n) is 4.62. The van der Waals surface area contributed by atoms with Crippen molar-refractivity contribution in [2.75, 3.05) is 7.05 Å². The van der Waals surface area contributed by atoms with E-state index in [2.05, 4.69) is 27.4 Å². The molecule has 104 valence electrons. The van der Waals surface area contributed by atoms with E-state index in [1.165, 1.54) is 0 Å². The van der Waals surface area contributed by atoms with Gasteiger partial charge in [0.25, 0.3) is 0 Å². The molecule has 0 spiro atoms. The molecule has 1 N–H and O–H groups in total. The van der Waals surface area contributed by atoms with Crippen LogP contribution in [-0.4, -0.2) is 28.2 Å². The van der Waals surface area contributed by atoms with E-state index in [-0.39, 0.29) is 0 Å². The Kier molecular flexibility index (Phi) is 5.04. The second kappa shape index (κ2) is 6.77. The third-order valence-corrected chi connectivity index (χ3v) is 3.80. The van der Waals surface area contributed by atoms with Gasteiger partial charge in [-0.3, -0.25) is 0 Å². The fraction of sp³-hybridized carbons (Fsp3) is 0.615. The first-order chi connectivity index (χ1) is 9.21. The largest absolute Gasteiger partial charge is 0.339 e. The average Bonchev–Trinajstić information content (AvgIpc) is 2.99. The Labute approximate surface area is 117 Å². The van der Waals surface area contributed by atoms with Crippen LogP contribution in [0.3, 0.4) is 0 Å². The van der Waals surface area contributed by atoms with Gasteiger partial charge in [0.1, 0.15) is 0 Å². The van der Waals surface area contributed by atoms with Crippen LogP contribution in [0.5, 0.6) is 0 Å². The molecule has 0 amide bonds. The highest BCUT2D eigenvalue weighted by molar-refractivity contribution is 7.09. The van der Waals surface area contributed by atoms with E-state index in [0.717, 1.165) is 30.0 Å². The minimum Gasteiger partial charge on any atom is -0.339 e. The molecule has 0 radical (unpaired) electrons. The lowest BCUT2D eigenvalue weighted by Crippen LogP contribution is -2.27. The molecule has 2 aromatic rings. The third-order valence-electron chi connectivity index (χ3n) is 2.98. The number of nitrogens with zero attached hydrogens (tertiary/aromatic N) is 3. The summed E-state index contributed by atoms with van der Waals surface area (Å²) < 4.78 is 5.30. The van der Waals surface area contributed by atoms with Crippen LogP contribution in [0.4, 0.5) is 0 Å². The SMILES string of the molecule is CCCC(Cc1nc(Cc2csc(C)n2)no1)NC. The molecule has 1 atom stereocenters. The Morgan fingerprint density at radius 3 is 2.89 bits per heavy atom. The van der Waals surface area contributed by atoms with Crippen LogP contribution < -0.4 is 5.32 Å². The zero-order chi connectivity index (χ0) is 13.7. The highest BCUT2D eigenvalue weighted by Gasteiger charge is 2.13. The van der Waals surface area contributed by atoms with E-state index >= 15 is 0 Å². The van der Waals surface area contributed by atoms with Crippen LogP contribution in [-0.2, 0) is 12.8 Å². The van der Waals surface area contributed by atoms with E-state index in [9.17, 15) is 0 Å². The zero-order valence-corrected chi connectivity index (χ0v) is 12.5. The molecule has 0 aliphatic rings. The Morgan fingerprint density at radius 1 is 1.42 bits per heavy atom. The molecule has 6 heteroatoms. The lowest BCUT2D eigenvalue weighted by molar-refractivity contribution is 0.352. The standard InChI is InChI=1S/C13H20N4OS/c1-4-5-10(14-3)7-13-16-12(17-18-13)6-11-8-19-9(2)15-11/h8,10,14H,4-7H2,1-3H3. The molecule has 19 heavy (non-hydrogen) atoms. The van der Waals surface area contributed by atoms with E-state index in [0.29, 0.717) is 24.2 Å². The maximum Gasteiger partial charge on any atom is 0.228 e. The van der Waals surface area contributed by atoms with Crippen molar-refractivity contribution in [2.24, 2.45) is 0 Å². The van der Waals surface area contributed by atoms with Gasteiger partial charge in [-0.15, -0.1) is 11.3 Å². The molecule has 2 heterocycles. The first kappa shape index (κ1) is 14.1. The summed E-state index contributed by atoms with van der Waals surface area (Å²) in [7, 11) is 1.97. The van der Waals surface area contributed by atoms with Gasteiger partial charge in [0.05, 0.1) is 17.1 Å². The van der Waals surface area contributed by atoms with Gasteiger partial charge in [-0.2, -0.15) is 4.98 Å². The summed E-state index contributed by atoms with van der Waals surface area (Å²) in [5.74, 6) is 1.42. The van der Waals surface area contributed by atoms with Gasteiger partial charge in [0.2, 0.25) is 5.89 Å². The maximum absolute atomic E-state index is 5.30. The predicted octanol–water partition coefficient (Wildman–Crippen LogP) is 2.36. The van der Waals surface area contributed by atoms with Crippen LogP contribution >= 0.6 is 11.3 Å². The molecule has 1 unspecified atom stereocenters. The Morgan fingerprint density at radius 2 is 2.26 bits per heavy atom. The number of likely N-dealkylation sites (N-methyl/N-ethyl adjacent to an activating group) is 1. The van der Waals surface area contributed by atoms with Gasteiger partial charge in [-0.05, 0) is 20.4 Å². The summed E-state index contributed by atoms with van der Waals surface area (Å²) >= 11 is 1.64. The van der Waals surface area contributed by atoms with E-state index in [4.69, 9.17) is 4.52 Å². The van der Waals surface area contributed by atoms with E-state index in [1.54, 1.807) is 11.3 Å². The summed E-state index contributed by atoms with van der Waals surface area (Å²) in [6.07, 6.45) is 3.68. The van der Waals surface area contributed by atoms with Crippen molar-refractivity contribution >= 4 is 11.3 Å². The van der Waals surface area contributed by atoms with Gasteiger partial charge in [0.15, 0.2) is 5.82 Å². The fourth-order valence-corrected chi connectivity index (χ4v) is 2.62. The number of aromatic nitrogens is 3. The molecule has 5 nitrogen and oxygen atoms in total. The van der Waals surface area contributed by atoms with Crippen molar-refractivity contribution < 1.29 is 4.52 Å². The lowest BCUT2D eigenvalue weighted by Gasteiger charge is -2.11. The first-order valence-corrected chi connectivity index (χ1v) is 7.49. The summed E-state index contributed by atoms with van der Waals surface area (Å²) in [6, 6.07) is 0.403. The number of aryl methyl sites for hydroxylation is 1. The van der Waals surface area contributed by atoms with E-state index in [1.807, 2.05) is 19.4 Å². The Hall–Kier alpha value is -1.27. The lowest BCUT2D eigenvalue weighted by atomic mass is 10.1. The Balaban J connectivity index is 1.94. The molecular weight excluding hydrogens is 260 g/mol. The highest BCUT2D eigenvalue weighted by Crippen LogP contribution is 2.12. The van der Waals surface area contributed by atoms with Crippen molar-refractivity contribution in [3.05, 3.63) is 27.8 Å². The van der Waals surface area contributed by atoms with Crippen LogP contribution in [0.2, 0.25) is 0 Å². The molecule has 0 saturated carbocycles. The fourth-order valence-electron chi connectivity index (χ4n) is 2.00. The van der Waals surface area contributed by atoms with Gasteiger partial charge in [-0.1, -0.05) is 18.5 Å². The van der Waals surface area contributed by atoms with Crippen molar-refractivity contribution in [2.45, 2.75) is 45.6 Å². The van der Waals surface area contributed by atoms with Crippen molar-refractivity contribution in [3.8, 4) is 0 Å².